The first-order valence-electron chi connectivity index (χ1n) is 10.4. The molecule has 4 heteroatoms. The van der Waals surface area contributed by atoms with E-state index in [2.05, 4.69) is 25.7 Å². The van der Waals surface area contributed by atoms with Crippen molar-refractivity contribution in [2.45, 2.75) is 59.3 Å². The number of carbonyl (C=O) groups is 1. The summed E-state index contributed by atoms with van der Waals surface area (Å²) >= 11 is 0. The second-order valence-electron chi connectivity index (χ2n) is 10.2. The molecule has 3 atom stereocenters. The molecule has 2 bridgehead atoms. The molecule has 1 aromatic carbocycles. The highest BCUT2D eigenvalue weighted by Gasteiger charge is 2.54. The minimum Gasteiger partial charge on any atom is -0.464 e. The molecule has 3 unspecified atom stereocenters. The second-order valence-corrected chi connectivity index (χ2v) is 10.2. The smallest absolute Gasteiger partial charge is 0.325 e. The quantitative estimate of drug-likeness (QED) is 0.673. The Morgan fingerprint density at radius 3 is 2.61 bits per heavy atom. The topological polar surface area (TPSA) is 38.3 Å². The first-order valence-corrected chi connectivity index (χ1v) is 10.4. The van der Waals surface area contributed by atoms with Crippen LogP contribution in [0.3, 0.4) is 0 Å². The highest BCUT2D eigenvalue weighted by molar-refractivity contribution is 5.75. The summed E-state index contributed by atoms with van der Waals surface area (Å²) in [6.45, 7) is 15.2. The molecule has 0 aliphatic heterocycles. The molecule has 3 aliphatic carbocycles. The van der Waals surface area contributed by atoms with Crippen molar-refractivity contribution in [3.8, 4) is 0 Å². The Kier molecular flexibility index (Phi) is 5.62. The Morgan fingerprint density at radius 2 is 2.04 bits per heavy atom. The van der Waals surface area contributed by atoms with Crippen LogP contribution in [0.4, 0.5) is 4.39 Å². The van der Waals surface area contributed by atoms with Gasteiger partial charge in [-0.05, 0) is 65.5 Å². The van der Waals surface area contributed by atoms with Gasteiger partial charge in [0.25, 0.3) is 0 Å². The third-order valence-corrected chi connectivity index (χ3v) is 7.07. The standard InChI is InChI=1S/C24H34FNO2/c1-15(19-10-9-17(12-21(19)25)23(2,3)4)26-13-22(27)28-14-16-7-8-18-11-20(16)24(18,5)6/h9-10,12,16,18,20,26H,1,7-8,11,13-14H2,2-6H3. The molecule has 0 saturated heterocycles. The van der Waals surface area contributed by atoms with E-state index in [-0.39, 0.29) is 23.7 Å². The van der Waals surface area contributed by atoms with Crippen LogP contribution in [-0.2, 0) is 14.9 Å². The molecule has 1 aromatic rings. The Labute approximate surface area is 168 Å². The summed E-state index contributed by atoms with van der Waals surface area (Å²) in [7, 11) is 0. The number of halogens is 1. The highest BCUT2D eigenvalue weighted by atomic mass is 19.1. The maximum atomic E-state index is 14.4. The van der Waals surface area contributed by atoms with Gasteiger partial charge in [0.15, 0.2) is 0 Å². The third-order valence-electron chi connectivity index (χ3n) is 7.07. The van der Waals surface area contributed by atoms with E-state index in [0.29, 0.717) is 35.1 Å². The van der Waals surface area contributed by atoms with Crippen molar-refractivity contribution in [3.63, 3.8) is 0 Å². The summed E-state index contributed by atoms with van der Waals surface area (Å²) in [6, 6.07) is 5.16. The van der Waals surface area contributed by atoms with Gasteiger partial charge in [-0.3, -0.25) is 4.79 Å². The van der Waals surface area contributed by atoms with Gasteiger partial charge in [0, 0.05) is 11.3 Å². The van der Waals surface area contributed by atoms with Gasteiger partial charge in [-0.25, -0.2) is 4.39 Å². The zero-order valence-corrected chi connectivity index (χ0v) is 17.9. The number of esters is 1. The van der Waals surface area contributed by atoms with Gasteiger partial charge in [0.1, 0.15) is 12.4 Å². The number of hydrogen-bond donors (Lipinski definition) is 1. The van der Waals surface area contributed by atoms with Crippen LogP contribution in [-0.4, -0.2) is 19.1 Å². The molecular weight excluding hydrogens is 353 g/mol. The summed E-state index contributed by atoms with van der Waals surface area (Å²) in [4.78, 5) is 12.2. The summed E-state index contributed by atoms with van der Waals surface area (Å²) in [6.07, 6.45) is 3.66. The lowest BCUT2D eigenvalue weighted by Crippen LogP contribution is -2.53. The zero-order valence-electron chi connectivity index (χ0n) is 17.9. The van der Waals surface area contributed by atoms with Crippen LogP contribution in [0.15, 0.2) is 24.8 Å². The lowest BCUT2D eigenvalue weighted by molar-refractivity contribution is -0.154. The number of ether oxygens (including phenoxy) is 1. The van der Waals surface area contributed by atoms with Gasteiger partial charge in [0.2, 0.25) is 0 Å². The van der Waals surface area contributed by atoms with Crippen molar-refractivity contribution in [2.24, 2.45) is 23.2 Å². The van der Waals surface area contributed by atoms with Gasteiger partial charge in [-0.2, -0.15) is 0 Å². The third kappa shape index (κ3) is 4.11. The fourth-order valence-electron chi connectivity index (χ4n) is 4.91. The van der Waals surface area contributed by atoms with Gasteiger partial charge in [0.05, 0.1) is 6.61 Å². The van der Waals surface area contributed by atoms with E-state index >= 15 is 0 Å². The van der Waals surface area contributed by atoms with Crippen LogP contribution < -0.4 is 5.32 Å². The second kappa shape index (κ2) is 7.53. The van der Waals surface area contributed by atoms with E-state index in [4.69, 9.17) is 4.74 Å². The van der Waals surface area contributed by atoms with Gasteiger partial charge in [-0.1, -0.05) is 47.3 Å². The van der Waals surface area contributed by atoms with Crippen LogP contribution in [0.5, 0.6) is 0 Å². The molecule has 0 heterocycles. The van der Waals surface area contributed by atoms with E-state index in [1.54, 1.807) is 6.07 Å². The number of fused-ring (bicyclic) bond motifs is 2. The first-order chi connectivity index (χ1) is 13.0. The van der Waals surface area contributed by atoms with E-state index in [1.807, 2.05) is 26.8 Å². The number of carbonyl (C=O) groups excluding carboxylic acids is 1. The Bertz CT molecular complexity index is 760. The van der Waals surface area contributed by atoms with Gasteiger partial charge < -0.3 is 10.1 Å². The fraction of sp³-hybridized carbons (Fsp3) is 0.625. The Morgan fingerprint density at radius 1 is 1.32 bits per heavy atom. The molecule has 28 heavy (non-hydrogen) atoms. The van der Waals surface area contributed by atoms with Crippen molar-refractivity contribution < 1.29 is 13.9 Å². The normalized spacial score (nSPS) is 25.6. The van der Waals surface area contributed by atoms with Crippen LogP contribution in [0, 0.1) is 29.0 Å². The predicted molar refractivity (Wildman–Crippen MR) is 111 cm³/mol. The molecular formula is C24H34FNO2. The maximum absolute atomic E-state index is 14.4. The molecule has 154 valence electrons. The monoisotopic (exact) mass is 387 g/mol. The molecule has 0 aromatic heterocycles. The molecule has 0 radical (unpaired) electrons. The van der Waals surface area contributed by atoms with Crippen molar-refractivity contribution in [3.05, 3.63) is 41.7 Å². The highest BCUT2D eigenvalue weighted by Crippen LogP contribution is 2.61. The average Bonchev–Trinajstić information content (AvgIpc) is 2.63. The molecule has 0 amide bonds. The molecule has 4 rings (SSSR count). The molecule has 3 aliphatic rings. The summed E-state index contributed by atoms with van der Waals surface area (Å²) in [5.41, 5.74) is 1.98. The largest absolute Gasteiger partial charge is 0.464 e. The summed E-state index contributed by atoms with van der Waals surface area (Å²) in [5.74, 6) is 1.33. The lowest BCUT2D eigenvalue weighted by Gasteiger charge is -2.60. The summed E-state index contributed by atoms with van der Waals surface area (Å²) < 4.78 is 20.0. The Balaban J connectivity index is 1.47. The SMILES string of the molecule is C=C(NCC(=O)OCC1CCC2CC1C2(C)C)c1ccc(C(C)(C)C)cc1F. The minimum absolute atomic E-state index is 0.00268. The first kappa shape index (κ1) is 20.9. The number of nitrogens with one attached hydrogen (secondary N) is 1. The molecule has 3 fully saturated rings. The van der Waals surface area contributed by atoms with E-state index in [1.165, 1.54) is 18.9 Å². The molecule has 3 nitrogen and oxygen atoms in total. The van der Waals surface area contributed by atoms with Gasteiger partial charge >= 0.3 is 5.97 Å². The minimum atomic E-state index is -0.331. The van der Waals surface area contributed by atoms with Crippen molar-refractivity contribution in [2.75, 3.05) is 13.2 Å². The molecule has 1 N–H and O–H groups in total. The van der Waals surface area contributed by atoms with Crippen molar-refractivity contribution in [1.82, 2.24) is 5.32 Å². The zero-order chi connectivity index (χ0) is 20.7. The van der Waals surface area contributed by atoms with Crippen LogP contribution in [0.2, 0.25) is 0 Å². The van der Waals surface area contributed by atoms with E-state index < -0.39 is 0 Å². The van der Waals surface area contributed by atoms with E-state index in [0.717, 1.165) is 17.9 Å². The van der Waals surface area contributed by atoms with Crippen molar-refractivity contribution in [1.29, 1.82) is 0 Å². The Hall–Kier alpha value is -1.84. The number of rotatable bonds is 6. The fourth-order valence-corrected chi connectivity index (χ4v) is 4.91. The number of hydrogen-bond acceptors (Lipinski definition) is 3. The average molecular weight is 388 g/mol. The summed E-state index contributed by atoms with van der Waals surface area (Å²) in [5, 5.41) is 2.91. The van der Waals surface area contributed by atoms with Crippen LogP contribution >= 0.6 is 0 Å². The van der Waals surface area contributed by atoms with Crippen molar-refractivity contribution >= 4 is 11.7 Å². The maximum Gasteiger partial charge on any atom is 0.325 e. The van der Waals surface area contributed by atoms with Crippen LogP contribution in [0.25, 0.3) is 5.70 Å². The van der Waals surface area contributed by atoms with Crippen LogP contribution in [0.1, 0.15) is 65.0 Å². The molecule has 0 spiro atoms. The lowest BCUT2D eigenvalue weighted by atomic mass is 9.46. The van der Waals surface area contributed by atoms with Gasteiger partial charge in [-0.15, -0.1) is 0 Å². The molecule has 3 saturated carbocycles. The number of benzene rings is 1. The predicted octanol–water partition coefficient (Wildman–Crippen LogP) is 5.30. The van der Waals surface area contributed by atoms with E-state index in [9.17, 15) is 9.18 Å².